The van der Waals surface area contributed by atoms with Gasteiger partial charge in [0.15, 0.2) is 5.13 Å². The van der Waals surface area contributed by atoms with Gasteiger partial charge in [0.05, 0.1) is 27.0 Å². The zero-order valence-corrected chi connectivity index (χ0v) is 26.9. The van der Waals surface area contributed by atoms with Crippen LogP contribution in [0.2, 0.25) is 0 Å². The van der Waals surface area contributed by atoms with Crippen LogP contribution in [-0.2, 0) is 16.1 Å². The average Bonchev–Trinajstić information content (AvgIpc) is 3.54. The standard InChI is InChI=1S/C34H41N3O5S/c1-19-13-14-26-24(15-19)22(4)31(37(26)18-29(38)42-7)33(39)36-34-35-30(25-17-27(40-5)20(2)16-28(25)41-6)32(43-34)21(3)23-11-9-8-10-12-23/h13-17,21,23H,8-12,18H2,1-7H3,(H,35,36,39). The molecule has 1 saturated carbocycles. The molecule has 1 aliphatic rings. The number of aryl methyl sites for hydroxylation is 3. The molecule has 1 N–H and O–H groups in total. The minimum atomic E-state index is -0.424. The number of esters is 1. The van der Waals surface area contributed by atoms with Gasteiger partial charge in [-0.3, -0.25) is 14.9 Å². The van der Waals surface area contributed by atoms with Crippen molar-refractivity contribution in [2.45, 2.75) is 72.3 Å². The number of carbonyl (C=O) groups excluding carboxylic acids is 2. The number of aromatic nitrogens is 2. The second kappa shape index (κ2) is 12.8. The minimum absolute atomic E-state index is 0.0693. The van der Waals surface area contributed by atoms with Crippen LogP contribution in [0.15, 0.2) is 30.3 Å². The van der Waals surface area contributed by atoms with Crippen molar-refractivity contribution >= 4 is 39.2 Å². The van der Waals surface area contributed by atoms with E-state index in [9.17, 15) is 9.59 Å². The van der Waals surface area contributed by atoms with Crippen LogP contribution >= 0.6 is 11.3 Å². The lowest BCUT2D eigenvalue weighted by molar-refractivity contribution is -0.141. The molecule has 0 bridgehead atoms. The highest BCUT2D eigenvalue weighted by Crippen LogP contribution is 2.46. The zero-order chi connectivity index (χ0) is 30.8. The third-order valence-electron chi connectivity index (χ3n) is 8.82. The van der Waals surface area contributed by atoms with Gasteiger partial charge >= 0.3 is 5.97 Å². The number of amides is 1. The predicted octanol–water partition coefficient (Wildman–Crippen LogP) is 7.82. The van der Waals surface area contributed by atoms with Crippen LogP contribution in [-0.4, -0.2) is 42.8 Å². The molecule has 9 heteroatoms. The number of carbonyl (C=O) groups is 2. The lowest BCUT2D eigenvalue weighted by atomic mass is 9.79. The molecule has 2 heterocycles. The Bertz CT molecular complexity index is 1660. The molecule has 0 radical (unpaired) electrons. The van der Waals surface area contributed by atoms with E-state index in [-0.39, 0.29) is 18.4 Å². The first-order valence-electron chi connectivity index (χ1n) is 14.9. The van der Waals surface area contributed by atoms with Gasteiger partial charge in [-0.15, -0.1) is 11.3 Å². The van der Waals surface area contributed by atoms with E-state index in [1.807, 2.05) is 51.1 Å². The second-order valence-electron chi connectivity index (χ2n) is 11.6. The molecule has 0 spiro atoms. The Morgan fingerprint density at radius 1 is 1.02 bits per heavy atom. The Hall–Kier alpha value is -3.85. The zero-order valence-electron chi connectivity index (χ0n) is 26.1. The molecule has 228 valence electrons. The number of rotatable bonds is 9. The van der Waals surface area contributed by atoms with Crippen LogP contribution < -0.4 is 14.8 Å². The van der Waals surface area contributed by atoms with Crippen molar-refractivity contribution in [2.75, 3.05) is 26.6 Å². The Morgan fingerprint density at radius 2 is 1.74 bits per heavy atom. The van der Waals surface area contributed by atoms with E-state index < -0.39 is 5.97 Å². The first kappa shape index (κ1) is 30.6. The van der Waals surface area contributed by atoms with E-state index in [2.05, 4.69) is 12.2 Å². The van der Waals surface area contributed by atoms with Gasteiger partial charge in [-0.2, -0.15) is 0 Å². The number of hydrogen-bond donors (Lipinski definition) is 1. The molecule has 1 atom stereocenters. The summed E-state index contributed by atoms with van der Waals surface area (Å²) in [7, 11) is 4.67. The number of hydrogen-bond acceptors (Lipinski definition) is 7. The molecular weight excluding hydrogens is 562 g/mol. The summed E-state index contributed by atoms with van der Waals surface area (Å²) in [5.74, 6) is 1.52. The van der Waals surface area contributed by atoms with Crippen LogP contribution in [0.3, 0.4) is 0 Å². The monoisotopic (exact) mass is 603 g/mol. The molecule has 43 heavy (non-hydrogen) atoms. The van der Waals surface area contributed by atoms with Crippen LogP contribution in [0.1, 0.15) is 77.0 Å². The summed E-state index contributed by atoms with van der Waals surface area (Å²) in [5.41, 5.74) is 5.71. The Morgan fingerprint density at radius 3 is 2.42 bits per heavy atom. The molecule has 8 nitrogen and oxygen atoms in total. The van der Waals surface area contributed by atoms with Crippen molar-refractivity contribution in [2.24, 2.45) is 5.92 Å². The van der Waals surface area contributed by atoms with Gasteiger partial charge in [-0.05, 0) is 80.8 Å². The number of anilines is 1. The largest absolute Gasteiger partial charge is 0.496 e. The molecule has 1 aliphatic carbocycles. The summed E-state index contributed by atoms with van der Waals surface area (Å²) in [6.07, 6.45) is 6.11. The van der Waals surface area contributed by atoms with Crippen LogP contribution in [0.25, 0.3) is 22.2 Å². The first-order chi connectivity index (χ1) is 20.7. The highest BCUT2D eigenvalue weighted by Gasteiger charge is 2.30. The number of benzene rings is 2. The fourth-order valence-electron chi connectivity index (χ4n) is 6.41. The molecule has 0 aliphatic heterocycles. The van der Waals surface area contributed by atoms with E-state index in [0.29, 0.717) is 22.5 Å². The van der Waals surface area contributed by atoms with Crippen LogP contribution in [0, 0.1) is 26.7 Å². The van der Waals surface area contributed by atoms with Crippen LogP contribution in [0.5, 0.6) is 11.5 Å². The summed E-state index contributed by atoms with van der Waals surface area (Å²) >= 11 is 1.52. The SMILES string of the molecule is COC(=O)Cn1c(C(=O)Nc2nc(-c3cc(OC)c(C)cc3OC)c(C(C)C3CCCCC3)s2)c(C)c2cc(C)ccc21. The van der Waals surface area contributed by atoms with Crippen molar-refractivity contribution in [1.82, 2.24) is 9.55 Å². The van der Waals surface area contributed by atoms with Gasteiger partial charge in [-0.1, -0.05) is 37.8 Å². The average molecular weight is 604 g/mol. The molecule has 5 rings (SSSR count). The Balaban J connectivity index is 1.60. The molecule has 4 aromatic rings. The molecule has 0 saturated heterocycles. The van der Waals surface area contributed by atoms with Gasteiger partial charge in [0.2, 0.25) is 0 Å². The maximum Gasteiger partial charge on any atom is 0.325 e. The van der Waals surface area contributed by atoms with Gasteiger partial charge < -0.3 is 18.8 Å². The number of fused-ring (bicyclic) bond motifs is 1. The predicted molar refractivity (Wildman–Crippen MR) is 172 cm³/mol. The summed E-state index contributed by atoms with van der Waals surface area (Å²) in [6, 6.07) is 9.91. The summed E-state index contributed by atoms with van der Waals surface area (Å²) in [6.45, 7) is 8.12. The van der Waals surface area contributed by atoms with Crippen molar-refractivity contribution in [3.05, 3.63) is 57.6 Å². The molecular formula is C34H41N3O5S. The maximum atomic E-state index is 14.0. The third-order valence-corrected chi connectivity index (χ3v) is 9.99. The molecule has 2 aromatic heterocycles. The number of methoxy groups -OCH3 is 3. The molecule has 2 aromatic carbocycles. The maximum absolute atomic E-state index is 14.0. The summed E-state index contributed by atoms with van der Waals surface area (Å²) in [4.78, 5) is 32.6. The van der Waals surface area contributed by atoms with Gasteiger partial charge in [0.25, 0.3) is 5.91 Å². The van der Waals surface area contributed by atoms with Gasteiger partial charge in [0, 0.05) is 21.3 Å². The topological polar surface area (TPSA) is 91.7 Å². The van der Waals surface area contributed by atoms with E-state index in [1.165, 1.54) is 50.6 Å². The van der Waals surface area contributed by atoms with E-state index in [4.69, 9.17) is 19.2 Å². The number of thiazole rings is 1. The van der Waals surface area contributed by atoms with Crippen LogP contribution in [0.4, 0.5) is 5.13 Å². The quantitative estimate of drug-likeness (QED) is 0.196. The van der Waals surface area contributed by atoms with E-state index >= 15 is 0 Å². The van der Waals surface area contributed by atoms with Gasteiger partial charge in [0.1, 0.15) is 23.7 Å². The first-order valence-corrected chi connectivity index (χ1v) is 15.7. The van der Waals surface area contributed by atoms with Gasteiger partial charge in [-0.25, -0.2) is 4.98 Å². The fraction of sp³-hybridized carbons (Fsp3) is 0.441. The van der Waals surface area contributed by atoms with Crippen molar-refractivity contribution in [1.29, 1.82) is 0 Å². The lowest BCUT2D eigenvalue weighted by Crippen LogP contribution is -2.21. The number of nitrogens with zero attached hydrogens (tertiary/aromatic N) is 2. The van der Waals surface area contributed by atoms with Crippen molar-refractivity contribution < 1.29 is 23.8 Å². The van der Waals surface area contributed by atoms with E-state index in [0.717, 1.165) is 49.5 Å². The highest BCUT2D eigenvalue weighted by atomic mass is 32.1. The molecule has 1 unspecified atom stereocenters. The summed E-state index contributed by atoms with van der Waals surface area (Å²) in [5, 5.41) is 4.53. The second-order valence-corrected chi connectivity index (χ2v) is 12.6. The normalized spacial score (nSPS) is 14.5. The fourth-order valence-corrected chi connectivity index (χ4v) is 7.53. The summed E-state index contributed by atoms with van der Waals surface area (Å²) < 4.78 is 18.2. The molecule has 1 amide bonds. The third kappa shape index (κ3) is 6.00. The van der Waals surface area contributed by atoms with Crippen molar-refractivity contribution in [3.63, 3.8) is 0 Å². The minimum Gasteiger partial charge on any atom is -0.496 e. The Kier molecular flexibility index (Phi) is 9.11. The number of ether oxygens (including phenoxy) is 3. The molecule has 1 fully saturated rings. The number of nitrogens with one attached hydrogen (secondary N) is 1. The Labute approximate surface area is 257 Å². The highest BCUT2D eigenvalue weighted by molar-refractivity contribution is 7.16. The lowest BCUT2D eigenvalue weighted by Gasteiger charge is -2.27. The smallest absolute Gasteiger partial charge is 0.325 e. The van der Waals surface area contributed by atoms with Crippen molar-refractivity contribution in [3.8, 4) is 22.8 Å². The van der Waals surface area contributed by atoms with E-state index in [1.54, 1.807) is 18.8 Å².